The molecule has 0 saturated carbocycles. The highest BCUT2D eigenvalue weighted by molar-refractivity contribution is 5.78. The van der Waals surface area contributed by atoms with Crippen LogP contribution in [0.3, 0.4) is 0 Å². The number of aliphatic hydroxyl groups is 1. The number of carbonyl (C=O) groups is 2. The molecule has 5 rings (SSSR count). The van der Waals surface area contributed by atoms with Gasteiger partial charge in [0.1, 0.15) is 5.75 Å². The summed E-state index contributed by atoms with van der Waals surface area (Å²) in [7, 11) is 0. The highest BCUT2D eigenvalue weighted by Crippen LogP contribution is 2.32. The molecule has 0 aromatic heterocycles. The number of benzene rings is 3. The molecule has 3 aromatic carbocycles. The van der Waals surface area contributed by atoms with Crippen LogP contribution in [0.25, 0.3) is 11.1 Å². The Bertz CT molecular complexity index is 1230. The molecule has 3 aromatic rings. The Labute approximate surface area is 217 Å². The first-order valence-corrected chi connectivity index (χ1v) is 13.0. The Kier molecular flexibility index (Phi) is 7.82. The number of hydrogen-bond acceptors (Lipinski definition) is 5. The molecule has 0 bridgehead atoms. The van der Waals surface area contributed by atoms with Crippen molar-refractivity contribution in [3.8, 4) is 16.9 Å². The van der Waals surface area contributed by atoms with E-state index in [1.165, 1.54) is 0 Å². The number of hydrogen-bond donors (Lipinski definition) is 3. The molecule has 7 nitrogen and oxygen atoms in total. The van der Waals surface area contributed by atoms with Gasteiger partial charge in [-0.25, -0.2) is 4.79 Å². The molecule has 0 radical (unpaired) electrons. The summed E-state index contributed by atoms with van der Waals surface area (Å²) in [6.45, 7) is 3.18. The second-order valence-corrected chi connectivity index (χ2v) is 9.72. The van der Waals surface area contributed by atoms with E-state index in [2.05, 4.69) is 16.7 Å². The van der Waals surface area contributed by atoms with Crippen LogP contribution in [0.15, 0.2) is 72.8 Å². The van der Waals surface area contributed by atoms with Crippen LogP contribution < -0.4 is 15.4 Å². The van der Waals surface area contributed by atoms with Crippen molar-refractivity contribution in [1.82, 2.24) is 15.5 Å². The van der Waals surface area contributed by atoms with Gasteiger partial charge in [0.25, 0.3) is 0 Å². The summed E-state index contributed by atoms with van der Waals surface area (Å²) in [5.41, 5.74) is 5.17. The molecular formula is C30H33N3O4. The summed E-state index contributed by atoms with van der Waals surface area (Å²) < 4.78 is 5.50. The molecule has 0 unspecified atom stereocenters. The van der Waals surface area contributed by atoms with Gasteiger partial charge in [-0.1, -0.05) is 60.7 Å². The molecular weight excluding hydrogens is 466 g/mol. The minimum Gasteiger partial charge on any atom is -0.410 e. The van der Waals surface area contributed by atoms with Crippen molar-refractivity contribution in [2.24, 2.45) is 0 Å². The van der Waals surface area contributed by atoms with E-state index in [0.717, 1.165) is 60.3 Å². The Morgan fingerprint density at radius 3 is 2.57 bits per heavy atom. The van der Waals surface area contributed by atoms with Crippen molar-refractivity contribution >= 4 is 12.0 Å². The number of rotatable bonds is 9. The minimum atomic E-state index is -0.704. The summed E-state index contributed by atoms with van der Waals surface area (Å²) in [6.07, 6.45) is 1.75. The number of nitrogens with zero attached hydrogens (tertiary/aromatic N) is 1. The van der Waals surface area contributed by atoms with Crippen molar-refractivity contribution in [2.45, 2.75) is 44.4 Å². The third-order valence-electron chi connectivity index (χ3n) is 7.09. The zero-order valence-corrected chi connectivity index (χ0v) is 20.9. The number of fused-ring (bicyclic) bond motifs is 1. The Morgan fingerprint density at radius 1 is 1.03 bits per heavy atom. The molecule has 37 heavy (non-hydrogen) atoms. The lowest BCUT2D eigenvalue weighted by atomic mass is 10.0. The molecule has 1 aliphatic heterocycles. The number of carbonyl (C=O) groups excluding carboxylic acids is 2. The Hall–Kier alpha value is -3.68. The smallest absolute Gasteiger partial charge is 0.410 e. The summed E-state index contributed by atoms with van der Waals surface area (Å²) >= 11 is 0. The zero-order chi connectivity index (χ0) is 25.6. The maximum Gasteiger partial charge on any atom is 0.413 e. The van der Waals surface area contributed by atoms with Crippen LogP contribution in [-0.4, -0.2) is 47.7 Å². The third kappa shape index (κ3) is 6.18. The van der Waals surface area contributed by atoms with Crippen LogP contribution >= 0.6 is 0 Å². The molecule has 2 amide bonds. The second-order valence-electron chi connectivity index (χ2n) is 9.72. The van der Waals surface area contributed by atoms with Gasteiger partial charge in [-0.2, -0.15) is 0 Å². The first kappa shape index (κ1) is 25.0. The van der Waals surface area contributed by atoms with Crippen molar-refractivity contribution in [2.75, 3.05) is 19.6 Å². The van der Waals surface area contributed by atoms with Crippen LogP contribution in [-0.2, 0) is 17.8 Å². The van der Waals surface area contributed by atoms with Crippen molar-refractivity contribution in [1.29, 1.82) is 0 Å². The summed E-state index contributed by atoms with van der Waals surface area (Å²) in [4.78, 5) is 26.3. The van der Waals surface area contributed by atoms with E-state index in [1.807, 2.05) is 59.5 Å². The van der Waals surface area contributed by atoms with E-state index in [1.54, 1.807) is 12.1 Å². The van der Waals surface area contributed by atoms with Gasteiger partial charge in [0.2, 0.25) is 5.91 Å². The molecule has 1 aliphatic carbocycles. The Balaban J connectivity index is 1.13. The van der Waals surface area contributed by atoms with Crippen molar-refractivity contribution in [3.05, 3.63) is 89.5 Å². The SMILES string of the molecule is O=C(N[C@@H]1c2cc(CNCCCN3CCCC3=O)ccc2C[C@H]1O)Oc1ccc(-c2ccccc2)cc1. The van der Waals surface area contributed by atoms with Gasteiger partial charge in [-0.3, -0.25) is 4.79 Å². The summed E-state index contributed by atoms with van der Waals surface area (Å²) in [5, 5.41) is 16.9. The van der Waals surface area contributed by atoms with Crippen molar-refractivity contribution in [3.63, 3.8) is 0 Å². The van der Waals surface area contributed by atoms with E-state index in [9.17, 15) is 14.7 Å². The molecule has 2 aliphatic rings. The van der Waals surface area contributed by atoms with E-state index >= 15 is 0 Å². The van der Waals surface area contributed by atoms with Gasteiger partial charge in [-0.15, -0.1) is 0 Å². The molecule has 1 heterocycles. The molecule has 0 spiro atoms. The quantitative estimate of drug-likeness (QED) is 0.384. The van der Waals surface area contributed by atoms with Gasteiger partial charge in [-0.05, 0) is 59.3 Å². The van der Waals surface area contributed by atoms with Crippen LogP contribution in [0.1, 0.15) is 42.0 Å². The molecule has 2 atom stereocenters. The molecule has 7 heteroatoms. The molecule has 3 N–H and O–H groups in total. The fourth-order valence-corrected chi connectivity index (χ4v) is 5.13. The highest BCUT2D eigenvalue weighted by Gasteiger charge is 2.33. The minimum absolute atomic E-state index is 0.262. The third-order valence-corrected chi connectivity index (χ3v) is 7.09. The summed E-state index contributed by atoms with van der Waals surface area (Å²) in [6, 6.07) is 23.0. The first-order valence-electron chi connectivity index (χ1n) is 13.0. The van der Waals surface area contributed by atoms with Gasteiger partial charge < -0.3 is 25.4 Å². The van der Waals surface area contributed by atoms with Gasteiger partial charge >= 0.3 is 6.09 Å². The lowest BCUT2D eigenvalue weighted by Crippen LogP contribution is -2.35. The zero-order valence-electron chi connectivity index (χ0n) is 20.9. The predicted molar refractivity (Wildman–Crippen MR) is 142 cm³/mol. The number of aliphatic hydroxyl groups excluding tert-OH is 1. The number of likely N-dealkylation sites (tertiary alicyclic amines) is 1. The van der Waals surface area contributed by atoms with Gasteiger partial charge in [0, 0.05) is 32.5 Å². The lowest BCUT2D eigenvalue weighted by molar-refractivity contribution is -0.127. The van der Waals surface area contributed by atoms with Crippen LogP contribution in [0.5, 0.6) is 5.75 Å². The fraction of sp³-hybridized carbons (Fsp3) is 0.333. The van der Waals surface area contributed by atoms with E-state index in [0.29, 0.717) is 25.1 Å². The number of nitrogens with one attached hydrogen (secondary N) is 2. The topological polar surface area (TPSA) is 90.9 Å². The predicted octanol–water partition coefficient (Wildman–Crippen LogP) is 4.20. The monoisotopic (exact) mass is 499 g/mol. The largest absolute Gasteiger partial charge is 0.413 e. The standard InChI is InChI=1S/C30H33N3O4/c34-27-19-24-10-9-21(20-31-15-5-17-33-16-4-8-28(33)35)18-26(24)29(27)32-30(36)37-25-13-11-23(12-14-25)22-6-2-1-3-7-22/h1-3,6-7,9-14,18,27,29,31,34H,4-5,8,15-17,19-20H2,(H,32,36)/t27-,29-/m1/s1. The van der Waals surface area contributed by atoms with Crippen LogP contribution in [0.2, 0.25) is 0 Å². The Morgan fingerprint density at radius 2 is 1.81 bits per heavy atom. The van der Waals surface area contributed by atoms with E-state index in [4.69, 9.17) is 4.74 Å². The number of ether oxygens (including phenoxy) is 1. The second kappa shape index (κ2) is 11.6. The normalized spacial score (nSPS) is 18.6. The van der Waals surface area contributed by atoms with Crippen LogP contribution in [0.4, 0.5) is 4.79 Å². The number of amides is 2. The van der Waals surface area contributed by atoms with Gasteiger partial charge in [0.05, 0.1) is 12.1 Å². The summed E-state index contributed by atoms with van der Waals surface area (Å²) in [5.74, 6) is 0.705. The van der Waals surface area contributed by atoms with E-state index in [-0.39, 0.29) is 5.91 Å². The van der Waals surface area contributed by atoms with Crippen LogP contribution in [0, 0.1) is 0 Å². The average molecular weight is 500 g/mol. The van der Waals surface area contributed by atoms with Gasteiger partial charge in [0.15, 0.2) is 0 Å². The first-order chi connectivity index (χ1) is 18.1. The van der Waals surface area contributed by atoms with Crippen molar-refractivity contribution < 1.29 is 19.4 Å². The maximum atomic E-state index is 12.7. The highest BCUT2D eigenvalue weighted by atomic mass is 16.6. The average Bonchev–Trinajstić information content (AvgIpc) is 3.46. The fourth-order valence-electron chi connectivity index (χ4n) is 5.13. The lowest BCUT2D eigenvalue weighted by Gasteiger charge is -2.18. The molecule has 192 valence electrons. The molecule has 1 fully saturated rings. The molecule has 1 saturated heterocycles. The maximum absolute atomic E-state index is 12.7. The van der Waals surface area contributed by atoms with E-state index < -0.39 is 18.2 Å².